The van der Waals surface area contributed by atoms with E-state index in [0.29, 0.717) is 0 Å². The average Bonchev–Trinajstić information content (AvgIpc) is 2.66. The number of aromatic nitrogens is 1. The summed E-state index contributed by atoms with van der Waals surface area (Å²) in [6.07, 6.45) is 1.06. The van der Waals surface area contributed by atoms with Gasteiger partial charge in [-0.3, -0.25) is 4.98 Å². The van der Waals surface area contributed by atoms with E-state index in [1.165, 1.54) is 0 Å². The standard InChI is InChI=1S/C20H18N2O4/c23-19(24)18(22-20(25)26-13-14-5-2-1-3-6-14)12-15-8-9-16-7-4-10-21-17(16)11-15/h1-11,18H,12-13H2,(H,22,25)(H,23,24). The zero-order chi connectivity index (χ0) is 18.4. The molecule has 2 N–H and O–H groups in total. The number of carboxylic acid groups (broad SMARTS) is 1. The molecule has 0 saturated carbocycles. The zero-order valence-corrected chi connectivity index (χ0v) is 14.0. The van der Waals surface area contributed by atoms with Crippen LogP contribution in [0, 0.1) is 0 Å². The number of hydrogen-bond donors (Lipinski definition) is 2. The second kappa shape index (κ2) is 8.11. The summed E-state index contributed by atoms with van der Waals surface area (Å²) in [7, 11) is 0. The lowest BCUT2D eigenvalue weighted by atomic mass is 10.0. The van der Waals surface area contributed by atoms with Crippen molar-refractivity contribution >= 4 is 23.0 Å². The van der Waals surface area contributed by atoms with Crippen molar-refractivity contribution in [2.45, 2.75) is 19.1 Å². The molecule has 0 radical (unpaired) electrons. The predicted octanol–water partition coefficient (Wildman–Crippen LogP) is 3.16. The molecule has 0 aliphatic carbocycles. The third-order valence-electron chi connectivity index (χ3n) is 3.91. The summed E-state index contributed by atoms with van der Waals surface area (Å²) in [5.41, 5.74) is 2.38. The molecule has 1 heterocycles. The Morgan fingerprint density at radius 3 is 2.62 bits per heavy atom. The van der Waals surface area contributed by atoms with Gasteiger partial charge in [0.15, 0.2) is 0 Å². The molecule has 1 aromatic heterocycles. The summed E-state index contributed by atoms with van der Waals surface area (Å²) >= 11 is 0. The van der Waals surface area contributed by atoms with Gasteiger partial charge in [0, 0.05) is 18.0 Å². The van der Waals surface area contributed by atoms with E-state index in [2.05, 4.69) is 10.3 Å². The number of aliphatic carboxylic acids is 1. The number of pyridine rings is 1. The summed E-state index contributed by atoms with van der Waals surface area (Å²) in [5, 5.41) is 12.8. The number of carboxylic acids is 1. The average molecular weight is 350 g/mol. The molecule has 1 unspecified atom stereocenters. The van der Waals surface area contributed by atoms with Crippen LogP contribution in [0.5, 0.6) is 0 Å². The molecule has 6 heteroatoms. The van der Waals surface area contributed by atoms with Crippen molar-refractivity contribution in [1.29, 1.82) is 0 Å². The van der Waals surface area contributed by atoms with Crippen LogP contribution in [0.4, 0.5) is 4.79 Å². The van der Waals surface area contributed by atoms with Crippen molar-refractivity contribution in [2.24, 2.45) is 0 Å². The van der Waals surface area contributed by atoms with Gasteiger partial charge < -0.3 is 15.2 Å². The fraction of sp³-hybridized carbons (Fsp3) is 0.150. The van der Waals surface area contributed by atoms with E-state index in [9.17, 15) is 14.7 Å². The van der Waals surface area contributed by atoms with E-state index in [1.807, 2.05) is 60.7 Å². The van der Waals surface area contributed by atoms with Crippen molar-refractivity contribution in [1.82, 2.24) is 10.3 Å². The normalized spacial score (nSPS) is 11.7. The highest BCUT2D eigenvalue weighted by atomic mass is 16.5. The fourth-order valence-corrected chi connectivity index (χ4v) is 2.58. The van der Waals surface area contributed by atoms with Crippen molar-refractivity contribution in [3.8, 4) is 0 Å². The first-order chi connectivity index (χ1) is 12.6. The molecule has 1 atom stereocenters. The highest BCUT2D eigenvalue weighted by Crippen LogP contribution is 2.14. The second-order valence-electron chi connectivity index (χ2n) is 5.83. The molecular weight excluding hydrogens is 332 g/mol. The molecular formula is C20H18N2O4. The molecule has 2 aromatic carbocycles. The number of nitrogens with one attached hydrogen (secondary N) is 1. The number of rotatable bonds is 6. The van der Waals surface area contributed by atoms with Crippen LogP contribution >= 0.6 is 0 Å². The molecule has 0 bridgehead atoms. The molecule has 1 amide bonds. The molecule has 0 fully saturated rings. The smallest absolute Gasteiger partial charge is 0.408 e. The Bertz CT molecular complexity index is 912. The van der Waals surface area contributed by atoms with Gasteiger partial charge in [-0.05, 0) is 23.3 Å². The summed E-state index contributed by atoms with van der Waals surface area (Å²) in [6.45, 7) is 0.0822. The van der Waals surface area contributed by atoms with E-state index >= 15 is 0 Å². The number of carbonyl (C=O) groups excluding carboxylic acids is 1. The van der Waals surface area contributed by atoms with Crippen molar-refractivity contribution in [2.75, 3.05) is 0 Å². The molecule has 0 aliphatic rings. The number of nitrogens with zero attached hydrogens (tertiary/aromatic N) is 1. The quantitative estimate of drug-likeness (QED) is 0.713. The highest BCUT2D eigenvalue weighted by Gasteiger charge is 2.21. The van der Waals surface area contributed by atoms with Gasteiger partial charge in [0.1, 0.15) is 12.6 Å². The number of amides is 1. The van der Waals surface area contributed by atoms with Gasteiger partial charge in [-0.25, -0.2) is 9.59 Å². The monoisotopic (exact) mass is 350 g/mol. The first-order valence-corrected chi connectivity index (χ1v) is 8.15. The molecule has 0 aliphatic heterocycles. The van der Waals surface area contributed by atoms with Crippen LogP contribution in [0.3, 0.4) is 0 Å². The van der Waals surface area contributed by atoms with Gasteiger partial charge in [0.25, 0.3) is 0 Å². The second-order valence-corrected chi connectivity index (χ2v) is 5.83. The lowest BCUT2D eigenvalue weighted by molar-refractivity contribution is -0.139. The molecule has 0 saturated heterocycles. The minimum Gasteiger partial charge on any atom is -0.480 e. The third-order valence-corrected chi connectivity index (χ3v) is 3.91. The van der Waals surface area contributed by atoms with Crippen LogP contribution in [-0.2, 0) is 22.6 Å². The Hall–Kier alpha value is -3.41. The van der Waals surface area contributed by atoms with Crippen LogP contribution < -0.4 is 5.32 Å². The predicted molar refractivity (Wildman–Crippen MR) is 96.6 cm³/mol. The van der Waals surface area contributed by atoms with Gasteiger partial charge >= 0.3 is 12.1 Å². The number of fused-ring (bicyclic) bond motifs is 1. The lowest BCUT2D eigenvalue weighted by Gasteiger charge is -2.15. The number of ether oxygens (including phenoxy) is 1. The van der Waals surface area contributed by atoms with Crippen LogP contribution in [0.25, 0.3) is 10.9 Å². The van der Waals surface area contributed by atoms with Crippen molar-refractivity contribution < 1.29 is 19.4 Å². The summed E-state index contributed by atoms with van der Waals surface area (Å²) in [6, 6.07) is 17.4. The van der Waals surface area contributed by atoms with Crippen molar-refractivity contribution in [3.05, 3.63) is 78.0 Å². The van der Waals surface area contributed by atoms with Crippen LogP contribution in [-0.4, -0.2) is 28.2 Å². The summed E-state index contributed by atoms with van der Waals surface area (Å²) in [5.74, 6) is -1.12. The summed E-state index contributed by atoms with van der Waals surface area (Å²) in [4.78, 5) is 27.7. The van der Waals surface area contributed by atoms with Gasteiger partial charge in [0.05, 0.1) is 5.52 Å². The maximum atomic E-state index is 11.9. The number of alkyl carbamates (subject to hydrolysis) is 1. The molecule has 132 valence electrons. The Balaban J connectivity index is 1.62. The third kappa shape index (κ3) is 4.57. The first-order valence-electron chi connectivity index (χ1n) is 8.15. The van der Waals surface area contributed by atoms with Gasteiger partial charge in [0.2, 0.25) is 0 Å². The highest BCUT2D eigenvalue weighted by molar-refractivity contribution is 5.81. The van der Waals surface area contributed by atoms with Gasteiger partial charge in [-0.2, -0.15) is 0 Å². The Morgan fingerprint density at radius 2 is 1.85 bits per heavy atom. The van der Waals surface area contributed by atoms with Gasteiger partial charge in [-0.15, -0.1) is 0 Å². The maximum Gasteiger partial charge on any atom is 0.408 e. The Labute approximate surface area is 150 Å². The van der Waals surface area contributed by atoms with E-state index in [-0.39, 0.29) is 13.0 Å². The summed E-state index contributed by atoms with van der Waals surface area (Å²) < 4.78 is 5.09. The van der Waals surface area contributed by atoms with Crippen molar-refractivity contribution in [3.63, 3.8) is 0 Å². The minimum atomic E-state index is -1.12. The fourth-order valence-electron chi connectivity index (χ4n) is 2.58. The first kappa shape index (κ1) is 17.4. The van der Waals surface area contributed by atoms with Gasteiger partial charge in [-0.1, -0.05) is 48.5 Å². The van der Waals surface area contributed by atoms with E-state index in [4.69, 9.17) is 4.74 Å². The minimum absolute atomic E-state index is 0.0822. The lowest BCUT2D eigenvalue weighted by Crippen LogP contribution is -2.42. The molecule has 3 rings (SSSR count). The molecule has 26 heavy (non-hydrogen) atoms. The molecule has 3 aromatic rings. The Morgan fingerprint density at radius 1 is 1.04 bits per heavy atom. The zero-order valence-electron chi connectivity index (χ0n) is 14.0. The molecule has 6 nitrogen and oxygen atoms in total. The van der Waals surface area contributed by atoms with Crippen LogP contribution in [0.2, 0.25) is 0 Å². The van der Waals surface area contributed by atoms with Crippen LogP contribution in [0.1, 0.15) is 11.1 Å². The topological polar surface area (TPSA) is 88.5 Å². The van der Waals surface area contributed by atoms with E-state index in [0.717, 1.165) is 22.0 Å². The van der Waals surface area contributed by atoms with Crippen LogP contribution in [0.15, 0.2) is 66.9 Å². The number of hydrogen-bond acceptors (Lipinski definition) is 4. The SMILES string of the molecule is O=C(NC(Cc1ccc2cccnc2c1)C(=O)O)OCc1ccccc1. The Kier molecular flexibility index (Phi) is 5.43. The van der Waals surface area contributed by atoms with E-state index < -0.39 is 18.1 Å². The largest absolute Gasteiger partial charge is 0.480 e. The number of benzene rings is 2. The molecule has 0 spiro atoms. The van der Waals surface area contributed by atoms with E-state index in [1.54, 1.807) is 6.20 Å². The maximum absolute atomic E-state index is 11.9. The number of carbonyl (C=O) groups is 2.